The highest BCUT2D eigenvalue weighted by Gasteiger charge is 2.06. The molecule has 0 aliphatic rings. The topological polar surface area (TPSA) is 68.3 Å². The van der Waals surface area contributed by atoms with E-state index >= 15 is 0 Å². The number of nitrogens with two attached hydrogens (primary N) is 1. The van der Waals surface area contributed by atoms with Crippen molar-refractivity contribution in [2.24, 2.45) is 5.73 Å². The Morgan fingerprint density at radius 1 is 1.41 bits per heavy atom. The Bertz CT molecular complexity index is 504. The van der Waals surface area contributed by atoms with Gasteiger partial charge in [0, 0.05) is 5.56 Å². The highest BCUT2D eigenvalue weighted by molar-refractivity contribution is 7.80. The van der Waals surface area contributed by atoms with Crippen LogP contribution in [0.5, 0.6) is 11.5 Å². The summed E-state index contributed by atoms with van der Waals surface area (Å²) in [5.74, 6) is 1.28. The largest absolute Gasteiger partial charge is 0.497 e. The molecule has 0 unspecified atom stereocenters. The lowest BCUT2D eigenvalue weighted by molar-refractivity contribution is 0.402. The summed E-state index contributed by atoms with van der Waals surface area (Å²) in [6.07, 6.45) is 1.57. The number of rotatable bonds is 4. The van der Waals surface area contributed by atoms with Crippen LogP contribution in [0.4, 0.5) is 0 Å². The third kappa shape index (κ3) is 3.20. The number of nitrogens with zero attached hydrogens (tertiary/aromatic N) is 1. The van der Waals surface area contributed by atoms with Crippen LogP contribution in [0.1, 0.15) is 5.56 Å². The Morgan fingerprint density at radius 2 is 2.12 bits per heavy atom. The maximum atomic E-state index is 8.89. The van der Waals surface area contributed by atoms with E-state index in [9.17, 15) is 0 Å². The van der Waals surface area contributed by atoms with Gasteiger partial charge in [-0.25, -0.2) is 0 Å². The molecule has 88 valence electrons. The molecule has 0 bridgehead atoms. The van der Waals surface area contributed by atoms with E-state index in [0.29, 0.717) is 17.1 Å². The molecule has 0 amide bonds. The van der Waals surface area contributed by atoms with Crippen molar-refractivity contribution >= 4 is 23.3 Å². The predicted molar refractivity (Wildman–Crippen MR) is 69.9 cm³/mol. The van der Waals surface area contributed by atoms with Crippen LogP contribution in [0.3, 0.4) is 0 Å². The summed E-state index contributed by atoms with van der Waals surface area (Å²) in [5, 5.41) is 8.89. The number of hydrogen-bond acceptors (Lipinski definition) is 4. The van der Waals surface area contributed by atoms with Crippen molar-refractivity contribution in [3.63, 3.8) is 0 Å². The third-order valence-electron chi connectivity index (χ3n) is 2.12. The summed E-state index contributed by atoms with van der Waals surface area (Å²) in [7, 11) is 3.11. The second kappa shape index (κ2) is 5.87. The number of benzene rings is 1. The van der Waals surface area contributed by atoms with Gasteiger partial charge in [-0.15, -0.1) is 0 Å². The number of methoxy groups -OCH3 is 2. The molecule has 17 heavy (non-hydrogen) atoms. The molecule has 0 fully saturated rings. The van der Waals surface area contributed by atoms with Crippen molar-refractivity contribution in [2.45, 2.75) is 0 Å². The molecule has 4 nitrogen and oxygen atoms in total. The van der Waals surface area contributed by atoms with E-state index < -0.39 is 0 Å². The Hall–Kier alpha value is -2.06. The Balaban J connectivity index is 3.28. The van der Waals surface area contributed by atoms with Gasteiger partial charge < -0.3 is 15.2 Å². The third-order valence-corrected chi connectivity index (χ3v) is 2.34. The minimum absolute atomic E-state index is 0.0531. The summed E-state index contributed by atoms with van der Waals surface area (Å²) in [6.45, 7) is 0. The minimum atomic E-state index is 0.0531. The lowest BCUT2D eigenvalue weighted by Gasteiger charge is -2.07. The number of thiocarbonyl (C=S) groups is 1. The predicted octanol–water partition coefficient (Wildman–Crippen LogP) is 1.90. The highest BCUT2D eigenvalue weighted by Crippen LogP contribution is 2.26. The quantitative estimate of drug-likeness (QED) is 0.500. The highest BCUT2D eigenvalue weighted by atomic mass is 32.1. The molecule has 0 saturated carbocycles. The van der Waals surface area contributed by atoms with E-state index in [0.717, 1.165) is 0 Å². The first-order chi connectivity index (χ1) is 8.12. The number of nitriles is 1. The SMILES string of the molecule is COc1ccc(OC)c(/C=C(\C#N)C(N)=S)c1. The molecule has 0 atom stereocenters. The molecule has 0 spiro atoms. The van der Waals surface area contributed by atoms with Gasteiger partial charge in [0.2, 0.25) is 0 Å². The molecule has 2 N–H and O–H groups in total. The standard InChI is InChI=1S/C12H12N2O2S/c1-15-10-3-4-11(16-2)8(6-10)5-9(7-13)12(14)17/h3-6H,1-2H3,(H2,14,17)/b9-5+. The van der Waals surface area contributed by atoms with Gasteiger partial charge in [0.1, 0.15) is 22.6 Å². The fraction of sp³-hybridized carbons (Fsp3) is 0.167. The zero-order valence-electron chi connectivity index (χ0n) is 9.56. The van der Waals surface area contributed by atoms with Crippen molar-refractivity contribution in [1.29, 1.82) is 5.26 Å². The van der Waals surface area contributed by atoms with E-state index in [-0.39, 0.29) is 10.6 Å². The van der Waals surface area contributed by atoms with Gasteiger partial charge in [0.05, 0.1) is 19.8 Å². The lowest BCUT2D eigenvalue weighted by Crippen LogP contribution is -2.09. The molecule has 0 radical (unpaired) electrons. The maximum Gasteiger partial charge on any atom is 0.126 e. The maximum absolute atomic E-state index is 8.89. The van der Waals surface area contributed by atoms with Crippen molar-refractivity contribution < 1.29 is 9.47 Å². The van der Waals surface area contributed by atoms with Gasteiger partial charge in [0.15, 0.2) is 0 Å². The first-order valence-corrected chi connectivity index (χ1v) is 5.16. The summed E-state index contributed by atoms with van der Waals surface area (Å²) in [4.78, 5) is 0.0531. The van der Waals surface area contributed by atoms with Crippen LogP contribution in [0.15, 0.2) is 23.8 Å². The number of ether oxygens (including phenoxy) is 2. The van der Waals surface area contributed by atoms with Crippen molar-refractivity contribution in [3.05, 3.63) is 29.3 Å². The van der Waals surface area contributed by atoms with E-state index in [4.69, 9.17) is 32.7 Å². The average molecular weight is 248 g/mol. The van der Waals surface area contributed by atoms with Crippen LogP contribution in [0, 0.1) is 11.3 Å². The second-order valence-corrected chi connectivity index (χ2v) is 3.58. The normalized spacial score (nSPS) is 10.5. The molecule has 0 heterocycles. The fourth-order valence-electron chi connectivity index (χ4n) is 1.27. The van der Waals surface area contributed by atoms with E-state index in [1.807, 2.05) is 6.07 Å². The Kier molecular flexibility index (Phi) is 4.49. The average Bonchev–Trinajstić information content (AvgIpc) is 2.35. The van der Waals surface area contributed by atoms with Gasteiger partial charge in [-0.1, -0.05) is 12.2 Å². The van der Waals surface area contributed by atoms with Gasteiger partial charge in [-0.3, -0.25) is 0 Å². The number of hydrogen-bond donors (Lipinski definition) is 1. The van der Waals surface area contributed by atoms with Crippen molar-refractivity contribution in [1.82, 2.24) is 0 Å². The van der Waals surface area contributed by atoms with Gasteiger partial charge >= 0.3 is 0 Å². The monoisotopic (exact) mass is 248 g/mol. The van der Waals surface area contributed by atoms with Crippen LogP contribution in [-0.2, 0) is 0 Å². The van der Waals surface area contributed by atoms with Gasteiger partial charge in [-0.05, 0) is 24.3 Å². The molecular weight excluding hydrogens is 236 g/mol. The van der Waals surface area contributed by atoms with Crippen LogP contribution >= 0.6 is 12.2 Å². The molecule has 5 heteroatoms. The summed E-state index contributed by atoms with van der Waals surface area (Å²) in [6, 6.07) is 7.20. The molecule has 0 aliphatic carbocycles. The summed E-state index contributed by atoms with van der Waals surface area (Å²) in [5.41, 5.74) is 6.34. The van der Waals surface area contributed by atoms with Crippen molar-refractivity contribution in [2.75, 3.05) is 14.2 Å². The molecule has 1 rings (SSSR count). The summed E-state index contributed by atoms with van der Waals surface area (Å²) < 4.78 is 10.3. The molecule has 0 aliphatic heterocycles. The second-order valence-electron chi connectivity index (χ2n) is 3.14. The smallest absolute Gasteiger partial charge is 0.126 e. The molecule has 0 aromatic heterocycles. The van der Waals surface area contributed by atoms with E-state index in [1.165, 1.54) is 0 Å². The summed E-state index contributed by atoms with van der Waals surface area (Å²) >= 11 is 4.77. The zero-order valence-corrected chi connectivity index (χ0v) is 10.4. The van der Waals surface area contributed by atoms with Crippen LogP contribution in [0.2, 0.25) is 0 Å². The molecule has 0 saturated heterocycles. The molecular formula is C12H12N2O2S. The van der Waals surface area contributed by atoms with E-state index in [2.05, 4.69) is 0 Å². The van der Waals surface area contributed by atoms with Crippen LogP contribution in [-0.4, -0.2) is 19.2 Å². The van der Waals surface area contributed by atoms with Gasteiger partial charge in [-0.2, -0.15) is 5.26 Å². The minimum Gasteiger partial charge on any atom is -0.497 e. The first kappa shape index (κ1) is 13.0. The Morgan fingerprint density at radius 3 is 2.59 bits per heavy atom. The molecule has 1 aromatic carbocycles. The first-order valence-electron chi connectivity index (χ1n) is 4.76. The van der Waals surface area contributed by atoms with Crippen molar-refractivity contribution in [3.8, 4) is 17.6 Å². The zero-order chi connectivity index (χ0) is 12.8. The van der Waals surface area contributed by atoms with Crippen LogP contribution in [0.25, 0.3) is 6.08 Å². The van der Waals surface area contributed by atoms with Gasteiger partial charge in [0.25, 0.3) is 0 Å². The lowest BCUT2D eigenvalue weighted by atomic mass is 10.1. The Labute approximate surface area is 105 Å². The fourth-order valence-corrected chi connectivity index (χ4v) is 1.37. The van der Waals surface area contributed by atoms with Crippen LogP contribution < -0.4 is 15.2 Å². The van der Waals surface area contributed by atoms with E-state index in [1.54, 1.807) is 38.5 Å². The molecule has 1 aromatic rings.